The average Bonchev–Trinajstić information content (AvgIpc) is 2.72. The molecule has 2 aromatic rings. The van der Waals surface area contributed by atoms with Crippen LogP contribution < -0.4 is 0 Å². The lowest BCUT2D eigenvalue weighted by Crippen LogP contribution is -2.08. The van der Waals surface area contributed by atoms with Gasteiger partial charge in [0.05, 0.1) is 19.5 Å². The van der Waals surface area contributed by atoms with E-state index >= 15 is 0 Å². The van der Waals surface area contributed by atoms with Crippen LogP contribution in [-0.4, -0.2) is 44.6 Å². The summed E-state index contributed by atoms with van der Waals surface area (Å²) in [6.45, 7) is 2.43. The summed E-state index contributed by atoms with van der Waals surface area (Å²) >= 11 is 0. The van der Waals surface area contributed by atoms with E-state index in [9.17, 15) is 13.2 Å². The van der Waals surface area contributed by atoms with Gasteiger partial charge in [0.1, 0.15) is 12.3 Å². The molecular formula is C21H26N2O6S. The third-order valence-corrected chi connectivity index (χ3v) is 4.45. The highest BCUT2D eigenvalue weighted by molar-refractivity contribution is 7.85. The fraction of sp³-hybridized carbons (Fsp3) is 0.381. The number of oxime groups is 1. The van der Waals surface area contributed by atoms with Crippen LogP contribution >= 0.6 is 0 Å². The first-order chi connectivity index (χ1) is 14.4. The fourth-order valence-corrected chi connectivity index (χ4v) is 2.89. The Morgan fingerprint density at radius 1 is 1.13 bits per heavy atom. The Labute approximate surface area is 177 Å². The molecule has 0 atom stereocenters. The van der Waals surface area contributed by atoms with Crippen molar-refractivity contribution in [1.82, 2.24) is 4.98 Å². The smallest absolute Gasteiger partial charge is 0.305 e. The van der Waals surface area contributed by atoms with Gasteiger partial charge in [-0.3, -0.25) is 14.0 Å². The fourth-order valence-electron chi connectivity index (χ4n) is 2.54. The zero-order chi connectivity index (χ0) is 21.8. The van der Waals surface area contributed by atoms with Gasteiger partial charge in [-0.05, 0) is 43.5 Å². The first-order valence-electron chi connectivity index (χ1n) is 9.58. The van der Waals surface area contributed by atoms with E-state index in [4.69, 9.17) is 13.8 Å². The van der Waals surface area contributed by atoms with Crippen molar-refractivity contribution in [2.24, 2.45) is 5.16 Å². The lowest BCUT2D eigenvalue weighted by Gasteiger charge is -2.09. The molecule has 1 heterocycles. The third kappa shape index (κ3) is 8.71. The summed E-state index contributed by atoms with van der Waals surface area (Å²) in [7, 11) is -3.54. The monoisotopic (exact) mass is 434 g/mol. The number of hydrogen-bond donors (Lipinski definition) is 0. The molecule has 1 aromatic carbocycles. The Hall–Kier alpha value is -2.78. The van der Waals surface area contributed by atoms with Crippen LogP contribution in [0.15, 0.2) is 53.9 Å². The minimum atomic E-state index is -3.54. The topological polar surface area (TPSA) is 104 Å². The summed E-state index contributed by atoms with van der Waals surface area (Å²) < 4.78 is 32.3. The van der Waals surface area contributed by atoms with Gasteiger partial charge >= 0.3 is 5.97 Å². The molecule has 0 saturated carbocycles. The summed E-state index contributed by atoms with van der Waals surface area (Å²) in [5.74, 6) is -0.217. The summed E-state index contributed by atoms with van der Waals surface area (Å²) in [5.41, 5.74) is 2.74. The quantitative estimate of drug-likeness (QED) is 0.166. The Morgan fingerprint density at radius 2 is 1.93 bits per heavy atom. The molecule has 0 fully saturated rings. The molecule has 8 nitrogen and oxygen atoms in total. The molecule has 0 aliphatic heterocycles. The molecule has 1 aromatic heterocycles. The molecule has 0 aliphatic carbocycles. The van der Waals surface area contributed by atoms with Crippen molar-refractivity contribution >= 4 is 21.8 Å². The first-order valence-corrected chi connectivity index (χ1v) is 11.4. The molecular weight excluding hydrogens is 408 g/mol. The number of carbonyl (C=O) groups is 1. The number of ether oxygens (including phenoxy) is 1. The van der Waals surface area contributed by atoms with E-state index in [0.29, 0.717) is 43.8 Å². The van der Waals surface area contributed by atoms with E-state index in [1.54, 1.807) is 43.6 Å². The van der Waals surface area contributed by atoms with E-state index in [1.165, 1.54) is 0 Å². The van der Waals surface area contributed by atoms with Crippen LogP contribution in [0.4, 0.5) is 0 Å². The molecule has 2 rings (SSSR count). The molecule has 0 bridgehead atoms. The van der Waals surface area contributed by atoms with E-state index < -0.39 is 10.1 Å². The van der Waals surface area contributed by atoms with Crippen molar-refractivity contribution in [3.63, 3.8) is 0 Å². The molecule has 162 valence electrons. The number of esters is 1. The van der Waals surface area contributed by atoms with Crippen molar-refractivity contribution in [3.05, 3.63) is 65.5 Å². The highest BCUT2D eigenvalue weighted by atomic mass is 32.2. The van der Waals surface area contributed by atoms with Crippen molar-refractivity contribution in [2.75, 3.05) is 19.5 Å². The maximum atomic E-state index is 11.4. The van der Waals surface area contributed by atoms with Crippen LogP contribution in [0.2, 0.25) is 0 Å². The van der Waals surface area contributed by atoms with Gasteiger partial charge < -0.3 is 9.57 Å². The average molecular weight is 435 g/mol. The van der Waals surface area contributed by atoms with Gasteiger partial charge in [0, 0.05) is 29.9 Å². The first kappa shape index (κ1) is 23.5. The van der Waals surface area contributed by atoms with Crippen LogP contribution in [-0.2, 0) is 35.3 Å². The number of carbonyl (C=O) groups excluding carboxylic acids is 1. The molecule has 0 spiro atoms. The second kappa shape index (κ2) is 12.0. The van der Waals surface area contributed by atoms with Crippen LogP contribution in [0.5, 0.6) is 0 Å². The number of aromatic nitrogens is 1. The van der Waals surface area contributed by atoms with E-state index in [0.717, 1.165) is 17.4 Å². The standard InChI is InChI=1S/C21H26N2O6S/c1-3-27-20(24)11-4-5-13-28-23-21(19-10-7-12-22-15-19)18-9-6-8-17(14-18)16-29-30(2,25)26/h6-10,12,14-15H,3-5,11,13,16H2,1-2H3. The van der Waals surface area contributed by atoms with E-state index in [2.05, 4.69) is 10.1 Å². The number of benzene rings is 1. The number of pyridine rings is 1. The minimum Gasteiger partial charge on any atom is -0.466 e. The van der Waals surface area contributed by atoms with Gasteiger partial charge in [0.25, 0.3) is 10.1 Å². The zero-order valence-electron chi connectivity index (χ0n) is 17.1. The highest BCUT2D eigenvalue weighted by Gasteiger charge is 2.11. The number of unbranched alkanes of at least 4 members (excludes halogenated alkanes) is 1. The predicted octanol–water partition coefficient (Wildman–Crippen LogP) is 3.06. The van der Waals surface area contributed by atoms with Crippen LogP contribution in [0.25, 0.3) is 0 Å². The SMILES string of the molecule is CCOC(=O)CCCCON=C(c1cccnc1)c1cccc(COS(C)(=O)=O)c1. The highest BCUT2D eigenvalue weighted by Crippen LogP contribution is 2.14. The van der Waals surface area contributed by atoms with Gasteiger partial charge in [-0.15, -0.1) is 0 Å². The molecule has 30 heavy (non-hydrogen) atoms. The van der Waals surface area contributed by atoms with Gasteiger partial charge in [0.15, 0.2) is 0 Å². The minimum absolute atomic E-state index is 0.0677. The summed E-state index contributed by atoms with van der Waals surface area (Å²) in [6, 6.07) is 10.9. The second-order valence-electron chi connectivity index (χ2n) is 6.44. The molecule has 0 saturated heterocycles. The van der Waals surface area contributed by atoms with Crippen molar-refractivity contribution in [1.29, 1.82) is 0 Å². The summed E-state index contributed by atoms with van der Waals surface area (Å²) in [5, 5.41) is 4.27. The number of hydrogen-bond acceptors (Lipinski definition) is 8. The normalized spacial score (nSPS) is 11.9. The summed E-state index contributed by atoms with van der Waals surface area (Å²) in [6.07, 6.45) is 5.99. The molecule has 0 amide bonds. The lowest BCUT2D eigenvalue weighted by atomic mass is 10.0. The van der Waals surface area contributed by atoms with Gasteiger partial charge in [0.2, 0.25) is 0 Å². The molecule has 0 aliphatic rings. The van der Waals surface area contributed by atoms with Crippen molar-refractivity contribution in [3.8, 4) is 0 Å². The maximum Gasteiger partial charge on any atom is 0.305 e. The molecule has 9 heteroatoms. The van der Waals surface area contributed by atoms with Crippen LogP contribution in [0.1, 0.15) is 42.9 Å². The lowest BCUT2D eigenvalue weighted by molar-refractivity contribution is -0.143. The van der Waals surface area contributed by atoms with Crippen LogP contribution in [0, 0.1) is 0 Å². The summed E-state index contributed by atoms with van der Waals surface area (Å²) in [4.78, 5) is 21.0. The predicted molar refractivity (Wildman–Crippen MR) is 112 cm³/mol. The van der Waals surface area contributed by atoms with E-state index in [-0.39, 0.29) is 12.6 Å². The number of nitrogens with zero attached hydrogens (tertiary/aromatic N) is 2. The largest absolute Gasteiger partial charge is 0.466 e. The van der Waals surface area contributed by atoms with Crippen molar-refractivity contribution in [2.45, 2.75) is 32.8 Å². The number of rotatable bonds is 12. The van der Waals surface area contributed by atoms with Crippen molar-refractivity contribution < 1.29 is 27.0 Å². The van der Waals surface area contributed by atoms with Gasteiger partial charge in [-0.1, -0.05) is 23.4 Å². The molecule has 0 unspecified atom stereocenters. The molecule has 0 N–H and O–H groups in total. The van der Waals surface area contributed by atoms with Crippen LogP contribution in [0.3, 0.4) is 0 Å². The zero-order valence-corrected chi connectivity index (χ0v) is 17.9. The molecule has 0 radical (unpaired) electrons. The Balaban J connectivity index is 2.07. The van der Waals surface area contributed by atoms with Gasteiger partial charge in [-0.25, -0.2) is 0 Å². The maximum absolute atomic E-state index is 11.4. The Bertz CT molecular complexity index is 945. The van der Waals surface area contributed by atoms with E-state index in [1.807, 2.05) is 12.1 Å². The Kier molecular flexibility index (Phi) is 9.43. The van der Waals surface area contributed by atoms with Gasteiger partial charge in [-0.2, -0.15) is 8.42 Å². The third-order valence-electron chi connectivity index (χ3n) is 3.90. The second-order valence-corrected chi connectivity index (χ2v) is 8.09. The Morgan fingerprint density at radius 3 is 2.63 bits per heavy atom.